The minimum atomic E-state index is -0.322. The number of amides is 2. The maximum atomic E-state index is 13.1. The molecule has 0 aromatic carbocycles. The number of carbonyl (C=O) groups excluding carboxylic acids is 2. The average Bonchev–Trinajstić information content (AvgIpc) is 3.15. The van der Waals surface area contributed by atoms with Gasteiger partial charge >= 0.3 is 0 Å². The molecule has 1 aromatic heterocycles. The second-order valence-electron chi connectivity index (χ2n) is 8.15. The third-order valence-electron chi connectivity index (χ3n) is 6.31. The summed E-state index contributed by atoms with van der Waals surface area (Å²) in [6.45, 7) is 5.31. The van der Waals surface area contributed by atoms with Gasteiger partial charge in [0.05, 0.1) is 11.1 Å². The van der Waals surface area contributed by atoms with E-state index in [0.29, 0.717) is 24.9 Å². The van der Waals surface area contributed by atoms with Crippen LogP contribution in [0.1, 0.15) is 44.2 Å². The maximum Gasteiger partial charge on any atom is 0.244 e. The largest absolute Gasteiger partial charge is 0.342 e. The van der Waals surface area contributed by atoms with Gasteiger partial charge in [-0.2, -0.15) is 5.10 Å². The molecule has 0 bridgehead atoms. The molecule has 0 radical (unpaired) electrons. The molecule has 3 aliphatic rings. The van der Waals surface area contributed by atoms with Crippen LogP contribution in [0.5, 0.6) is 0 Å². The smallest absolute Gasteiger partial charge is 0.244 e. The van der Waals surface area contributed by atoms with Gasteiger partial charge in [-0.3, -0.25) is 14.3 Å². The summed E-state index contributed by atoms with van der Waals surface area (Å²) in [5.41, 5.74) is 0.595. The van der Waals surface area contributed by atoms with E-state index < -0.39 is 0 Å². The number of hydrogen-bond donors (Lipinski definition) is 0. The fraction of sp³-hybridized carbons (Fsp3) is 0.737. The van der Waals surface area contributed by atoms with Gasteiger partial charge in [0.25, 0.3) is 0 Å². The topological polar surface area (TPSA) is 58.4 Å². The maximum absolute atomic E-state index is 13.1. The quantitative estimate of drug-likeness (QED) is 0.837. The minimum Gasteiger partial charge on any atom is -0.342 e. The fourth-order valence-corrected chi connectivity index (χ4v) is 4.57. The van der Waals surface area contributed by atoms with Crippen molar-refractivity contribution in [3.63, 3.8) is 0 Å². The van der Waals surface area contributed by atoms with E-state index in [1.54, 1.807) is 4.68 Å². The molecule has 1 spiro atoms. The Morgan fingerprint density at radius 2 is 2.12 bits per heavy atom. The molecular formula is C19H28N4O2. The van der Waals surface area contributed by atoms with Crippen molar-refractivity contribution in [2.75, 3.05) is 26.2 Å². The highest BCUT2D eigenvalue weighted by atomic mass is 16.2. The molecule has 0 N–H and O–H groups in total. The minimum absolute atomic E-state index is 0.0730. The van der Waals surface area contributed by atoms with E-state index in [0.717, 1.165) is 38.0 Å². The molecule has 136 valence electrons. The van der Waals surface area contributed by atoms with E-state index in [4.69, 9.17) is 0 Å². The zero-order valence-electron chi connectivity index (χ0n) is 15.1. The van der Waals surface area contributed by atoms with Gasteiger partial charge < -0.3 is 9.80 Å². The van der Waals surface area contributed by atoms with Crippen LogP contribution in [0.25, 0.3) is 0 Å². The van der Waals surface area contributed by atoms with Gasteiger partial charge in [-0.25, -0.2) is 0 Å². The Morgan fingerprint density at radius 3 is 2.80 bits per heavy atom. The van der Waals surface area contributed by atoms with E-state index in [9.17, 15) is 9.59 Å². The standard InChI is InChI=1S/C19H28N4O2/c1-15-6-10-23(20-15)13-17(24)22-11-8-19(14-22)7-3-9-21(18(19)25)12-16-4-2-5-16/h6,10,16H,2-5,7-9,11-14H2,1H3/t19-/m0/s1. The van der Waals surface area contributed by atoms with Crippen molar-refractivity contribution in [1.82, 2.24) is 19.6 Å². The highest BCUT2D eigenvalue weighted by molar-refractivity contribution is 5.86. The van der Waals surface area contributed by atoms with Crippen LogP contribution in [-0.2, 0) is 16.1 Å². The van der Waals surface area contributed by atoms with E-state index >= 15 is 0 Å². The zero-order chi connectivity index (χ0) is 17.4. The summed E-state index contributed by atoms with van der Waals surface area (Å²) in [6.07, 6.45) is 8.50. The Balaban J connectivity index is 1.39. The molecule has 6 heteroatoms. The molecule has 1 atom stereocenters. The Morgan fingerprint density at radius 1 is 1.28 bits per heavy atom. The molecule has 0 unspecified atom stereocenters. The summed E-state index contributed by atoms with van der Waals surface area (Å²) in [5, 5.41) is 4.30. The van der Waals surface area contributed by atoms with Gasteiger partial charge in [-0.1, -0.05) is 6.42 Å². The molecule has 1 saturated carbocycles. The van der Waals surface area contributed by atoms with Crippen molar-refractivity contribution in [2.24, 2.45) is 11.3 Å². The number of aryl methyl sites for hydroxylation is 1. The third-order valence-corrected chi connectivity index (χ3v) is 6.31. The van der Waals surface area contributed by atoms with Crippen LogP contribution >= 0.6 is 0 Å². The third kappa shape index (κ3) is 3.18. The summed E-state index contributed by atoms with van der Waals surface area (Å²) in [7, 11) is 0. The first-order chi connectivity index (χ1) is 12.1. The highest BCUT2D eigenvalue weighted by Crippen LogP contribution is 2.41. The lowest BCUT2D eigenvalue weighted by Gasteiger charge is -2.42. The SMILES string of the molecule is Cc1ccn(CC(=O)N2CC[C@@]3(CCCN(CC4CCC4)C3=O)C2)n1. The fourth-order valence-electron chi connectivity index (χ4n) is 4.57. The number of likely N-dealkylation sites (tertiary alicyclic amines) is 2. The predicted octanol–water partition coefficient (Wildman–Crippen LogP) is 1.83. The lowest BCUT2D eigenvalue weighted by molar-refractivity contribution is -0.147. The summed E-state index contributed by atoms with van der Waals surface area (Å²) in [6, 6.07) is 1.90. The van der Waals surface area contributed by atoms with Crippen molar-refractivity contribution in [3.05, 3.63) is 18.0 Å². The van der Waals surface area contributed by atoms with Gasteiger partial charge in [-0.05, 0) is 51.0 Å². The van der Waals surface area contributed by atoms with E-state index in [-0.39, 0.29) is 17.9 Å². The second kappa shape index (κ2) is 6.46. The number of rotatable bonds is 4. The van der Waals surface area contributed by atoms with Crippen LogP contribution in [0.3, 0.4) is 0 Å². The van der Waals surface area contributed by atoms with Crippen molar-refractivity contribution < 1.29 is 9.59 Å². The van der Waals surface area contributed by atoms with Gasteiger partial charge in [0, 0.05) is 32.4 Å². The molecule has 2 saturated heterocycles. The van der Waals surface area contributed by atoms with Crippen LogP contribution < -0.4 is 0 Å². The van der Waals surface area contributed by atoms with Gasteiger partial charge in [0.15, 0.2) is 0 Å². The molecule has 6 nitrogen and oxygen atoms in total. The average molecular weight is 344 g/mol. The molecule has 25 heavy (non-hydrogen) atoms. The molecule has 1 aromatic rings. The molecule has 4 rings (SSSR count). The first kappa shape index (κ1) is 16.6. The van der Waals surface area contributed by atoms with Crippen molar-refractivity contribution >= 4 is 11.8 Å². The lowest BCUT2D eigenvalue weighted by Crippen LogP contribution is -2.52. The number of carbonyl (C=O) groups is 2. The number of nitrogens with zero attached hydrogens (tertiary/aromatic N) is 4. The summed E-state index contributed by atoms with van der Waals surface area (Å²) in [4.78, 5) is 29.7. The van der Waals surface area contributed by atoms with Crippen molar-refractivity contribution in [2.45, 2.75) is 52.0 Å². The first-order valence-corrected chi connectivity index (χ1v) is 9.63. The number of piperidine rings is 1. The van der Waals surface area contributed by atoms with Crippen LogP contribution in [0, 0.1) is 18.3 Å². The Kier molecular flexibility index (Phi) is 4.29. The second-order valence-corrected chi connectivity index (χ2v) is 8.15. The molecule has 1 aliphatic carbocycles. The predicted molar refractivity (Wildman–Crippen MR) is 93.7 cm³/mol. The van der Waals surface area contributed by atoms with Crippen molar-refractivity contribution in [1.29, 1.82) is 0 Å². The summed E-state index contributed by atoms with van der Waals surface area (Å²) < 4.78 is 1.69. The highest BCUT2D eigenvalue weighted by Gasteiger charge is 2.49. The number of hydrogen-bond acceptors (Lipinski definition) is 3. The van der Waals surface area contributed by atoms with Crippen LogP contribution in [-0.4, -0.2) is 57.6 Å². The number of aromatic nitrogens is 2. The van der Waals surface area contributed by atoms with Gasteiger partial charge in [0.1, 0.15) is 6.54 Å². The molecule has 3 heterocycles. The van der Waals surface area contributed by atoms with Crippen LogP contribution in [0.4, 0.5) is 0 Å². The first-order valence-electron chi connectivity index (χ1n) is 9.63. The molecule has 3 fully saturated rings. The van der Waals surface area contributed by atoms with E-state index in [1.165, 1.54) is 19.3 Å². The zero-order valence-corrected chi connectivity index (χ0v) is 15.1. The Hall–Kier alpha value is -1.85. The normalized spacial score (nSPS) is 27.2. The van der Waals surface area contributed by atoms with Crippen LogP contribution in [0.2, 0.25) is 0 Å². The Bertz CT molecular complexity index is 666. The lowest BCUT2D eigenvalue weighted by atomic mass is 9.77. The summed E-state index contributed by atoms with van der Waals surface area (Å²) >= 11 is 0. The van der Waals surface area contributed by atoms with Gasteiger partial charge in [0.2, 0.25) is 11.8 Å². The van der Waals surface area contributed by atoms with E-state index in [2.05, 4.69) is 10.00 Å². The summed E-state index contributed by atoms with van der Waals surface area (Å²) in [5.74, 6) is 1.08. The van der Waals surface area contributed by atoms with Gasteiger partial charge in [-0.15, -0.1) is 0 Å². The van der Waals surface area contributed by atoms with E-state index in [1.807, 2.05) is 24.1 Å². The van der Waals surface area contributed by atoms with Crippen LogP contribution in [0.15, 0.2) is 12.3 Å². The van der Waals surface area contributed by atoms with Crippen molar-refractivity contribution in [3.8, 4) is 0 Å². The molecule has 2 aliphatic heterocycles. The molecular weight excluding hydrogens is 316 g/mol. The Labute approximate surface area is 149 Å². The molecule has 2 amide bonds. The monoisotopic (exact) mass is 344 g/mol.